The molecular weight excluding hydrogens is 244 g/mol. The Balaban J connectivity index is 2.11. The summed E-state index contributed by atoms with van der Waals surface area (Å²) in [5.74, 6) is -0.00527. The highest BCUT2D eigenvalue weighted by Gasteiger charge is 2.41. The summed E-state index contributed by atoms with van der Waals surface area (Å²) < 4.78 is 0. The van der Waals surface area contributed by atoms with Crippen LogP contribution in [-0.2, 0) is 4.79 Å². The van der Waals surface area contributed by atoms with Crippen molar-refractivity contribution in [3.05, 3.63) is 29.8 Å². The normalized spacial score (nSPS) is 22.3. The van der Waals surface area contributed by atoms with Crippen LogP contribution in [0.3, 0.4) is 0 Å². The Labute approximate surface area is 112 Å². The molecule has 1 aliphatic rings. The first-order valence-corrected chi connectivity index (χ1v) is 6.27. The van der Waals surface area contributed by atoms with Crippen molar-refractivity contribution in [2.75, 3.05) is 20.1 Å². The minimum absolute atomic E-state index is 0.0338. The van der Waals surface area contributed by atoms with Crippen molar-refractivity contribution in [1.29, 1.82) is 0 Å². The maximum absolute atomic E-state index is 12.3. The predicted molar refractivity (Wildman–Crippen MR) is 70.8 cm³/mol. The number of carbonyl (C=O) groups is 2. The summed E-state index contributed by atoms with van der Waals surface area (Å²) in [6.45, 7) is 2.87. The molecule has 0 radical (unpaired) electrons. The number of nitrogens with zero attached hydrogens (tertiary/aromatic N) is 1. The number of nitrogens with one attached hydrogen (secondary N) is 1. The number of hydrogen-bond acceptors (Lipinski definition) is 3. The molecule has 0 aromatic heterocycles. The van der Waals surface area contributed by atoms with Gasteiger partial charge in [0, 0.05) is 25.7 Å². The molecule has 1 heterocycles. The lowest BCUT2D eigenvalue weighted by molar-refractivity contribution is -0.128. The van der Waals surface area contributed by atoms with Crippen molar-refractivity contribution in [3.63, 3.8) is 0 Å². The largest absolute Gasteiger partial charge is 0.508 e. The van der Waals surface area contributed by atoms with E-state index in [0.717, 1.165) is 0 Å². The summed E-state index contributed by atoms with van der Waals surface area (Å²) in [5, 5.41) is 11.9. The Morgan fingerprint density at radius 3 is 2.53 bits per heavy atom. The van der Waals surface area contributed by atoms with Gasteiger partial charge in [0.05, 0.1) is 5.41 Å². The topological polar surface area (TPSA) is 69.6 Å². The fraction of sp³-hybridized carbons (Fsp3) is 0.429. The van der Waals surface area contributed by atoms with Gasteiger partial charge in [-0.25, -0.2) is 0 Å². The van der Waals surface area contributed by atoms with Crippen molar-refractivity contribution in [1.82, 2.24) is 10.2 Å². The summed E-state index contributed by atoms with van der Waals surface area (Å²) in [6.07, 6.45) is 0.663. The second kappa shape index (κ2) is 4.91. The number of carbonyl (C=O) groups excluding carboxylic acids is 2. The molecule has 0 saturated carbocycles. The van der Waals surface area contributed by atoms with Gasteiger partial charge in [0.1, 0.15) is 5.75 Å². The highest BCUT2D eigenvalue weighted by molar-refractivity contribution is 5.95. The van der Waals surface area contributed by atoms with Crippen LogP contribution in [-0.4, -0.2) is 42.0 Å². The van der Waals surface area contributed by atoms with Gasteiger partial charge < -0.3 is 15.3 Å². The fourth-order valence-corrected chi connectivity index (χ4v) is 2.41. The zero-order chi connectivity index (χ0) is 14.0. The fourth-order valence-electron chi connectivity index (χ4n) is 2.41. The molecule has 5 heteroatoms. The van der Waals surface area contributed by atoms with E-state index in [2.05, 4.69) is 5.32 Å². The number of amides is 2. The Hall–Kier alpha value is -2.04. The van der Waals surface area contributed by atoms with E-state index in [1.807, 2.05) is 6.92 Å². The minimum Gasteiger partial charge on any atom is -0.508 e. The number of likely N-dealkylation sites (tertiary alicyclic amines) is 1. The first-order valence-electron chi connectivity index (χ1n) is 6.27. The summed E-state index contributed by atoms with van der Waals surface area (Å²) in [7, 11) is 1.61. The summed E-state index contributed by atoms with van der Waals surface area (Å²) in [6, 6.07) is 6.16. The lowest BCUT2D eigenvalue weighted by Crippen LogP contribution is -2.40. The monoisotopic (exact) mass is 262 g/mol. The zero-order valence-electron chi connectivity index (χ0n) is 11.1. The van der Waals surface area contributed by atoms with Crippen LogP contribution in [0.2, 0.25) is 0 Å². The molecule has 1 aromatic carbocycles. The molecule has 1 fully saturated rings. The van der Waals surface area contributed by atoms with Gasteiger partial charge in [-0.2, -0.15) is 0 Å². The lowest BCUT2D eigenvalue weighted by atomic mass is 9.89. The third-order valence-electron chi connectivity index (χ3n) is 3.65. The SMILES string of the molecule is CNC(=O)C1(C)CCN(C(=O)c2ccc(O)cc2)C1. The Morgan fingerprint density at radius 1 is 1.32 bits per heavy atom. The molecule has 2 N–H and O–H groups in total. The van der Waals surface area contributed by atoms with Gasteiger partial charge in [-0.1, -0.05) is 0 Å². The first-order chi connectivity index (χ1) is 8.96. The zero-order valence-corrected chi connectivity index (χ0v) is 11.1. The van der Waals surface area contributed by atoms with Crippen LogP contribution in [0.25, 0.3) is 0 Å². The van der Waals surface area contributed by atoms with E-state index in [1.54, 1.807) is 24.1 Å². The van der Waals surface area contributed by atoms with E-state index < -0.39 is 5.41 Å². The van der Waals surface area contributed by atoms with Gasteiger partial charge >= 0.3 is 0 Å². The molecule has 5 nitrogen and oxygen atoms in total. The van der Waals surface area contributed by atoms with Gasteiger partial charge in [0.2, 0.25) is 5.91 Å². The summed E-state index contributed by atoms with van der Waals surface area (Å²) >= 11 is 0. The molecule has 102 valence electrons. The first kappa shape index (κ1) is 13.4. The van der Waals surface area contributed by atoms with Crippen molar-refractivity contribution in [2.45, 2.75) is 13.3 Å². The highest BCUT2D eigenvalue weighted by Crippen LogP contribution is 2.31. The highest BCUT2D eigenvalue weighted by atomic mass is 16.3. The molecule has 1 atom stereocenters. The van der Waals surface area contributed by atoms with Gasteiger partial charge in [-0.05, 0) is 37.6 Å². The Kier molecular flexibility index (Phi) is 3.46. The minimum atomic E-state index is -0.513. The lowest BCUT2D eigenvalue weighted by Gasteiger charge is -2.22. The third kappa shape index (κ3) is 2.54. The molecule has 1 unspecified atom stereocenters. The molecule has 0 spiro atoms. The van der Waals surface area contributed by atoms with Gasteiger partial charge in [-0.3, -0.25) is 9.59 Å². The van der Waals surface area contributed by atoms with E-state index in [9.17, 15) is 14.7 Å². The molecule has 1 aliphatic heterocycles. The average molecular weight is 262 g/mol. The number of rotatable bonds is 2. The maximum atomic E-state index is 12.3. The average Bonchev–Trinajstić information content (AvgIpc) is 2.82. The number of benzene rings is 1. The Bertz CT molecular complexity index is 498. The van der Waals surface area contributed by atoms with Crippen molar-refractivity contribution < 1.29 is 14.7 Å². The molecule has 2 rings (SSSR count). The van der Waals surface area contributed by atoms with Crippen molar-refractivity contribution >= 4 is 11.8 Å². The molecular formula is C14H18N2O3. The second-order valence-electron chi connectivity index (χ2n) is 5.16. The van der Waals surface area contributed by atoms with Crippen molar-refractivity contribution in [3.8, 4) is 5.75 Å². The van der Waals surface area contributed by atoms with Gasteiger partial charge in [0.25, 0.3) is 5.91 Å². The quantitative estimate of drug-likeness (QED) is 0.835. The second-order valence-corrected chi connectivity index (χ2v) is 5.16. The molecule has 1 aromatic rings. The van der Waals surface area contributed by atoms with E-state index in [1.165, 1.54) is 12.1 Å². The van der Waals surface area contributed by atoms with Crippen LogP contribution in [0.4, 0.5) is 0 Å². The van der Waals surface area contributed by atoms with E-state index in [-0.39, 0.29) is 17.6 Å². The van der Waals surface area contributed by atoms with Crippen LogP contribution in [0.15, 0.2) is 24.3 Å². The van der Waals surface area contributed by atoms with Crippen LogP contribution in [0.5, 0.6) is 5.75 Å². The van der Waals surface area contributed by atoms with Crippen molar-refractivity contribution in [2.24, 2.45) is 5.41 Å². The standard InChI is InChI=1S/C14H18N2O3/c1-14(13(19)15-2)7-8-16(9-14)12(18)10-3-5-11(17)6-4-10/h3-6,17H,7-9H2,1-2H3,(H,15,19). The number of aromatic hydroxyl groups is 1. The van der Waals surface area contributed by atoms with Crippen LogP contribution in [0, 0.1) is 5.41 Å². The Morgan fingerprint density at radius 2 is 1.95 bits per heavy atom. The summed E-state index contributed by atoms with van der Waals surface area (Å²) in [5.41, 5.74) is 0.0142. The smallest absolute Gasteiger partial charge is 0.253 e. The van der Waals surface area contributed by atoms with Gasteiger partial charge in [0.15, 0.2) is 0 Å². The van der Waals surface area contributed by atoms with Crippen LogP contribution in [0.1, 0.15) is 23.7 Å². The molecule has 0 aliphatic carbocycles. The van der Waals surface area contributed by atoms with E-state index in [0.29, 0.717) is 25.1 Å². The van der Waals surface area contributed by atoms with Crippen LogP contribution < -0.4 is 5.32 Å². The molecule has 19 heavy (non-hydrogen) atoms. The molecule has 0 bridgehead atoms. The molecule has 1 saturated heterocycles. The predicted octanol–water partition coefficient (Wildman–Crippen LogP) is 0.990. The third-order valence-corrected chi connectivity index (χ3v) is 3.65. The number of phenolic OH excluding ortho intramolecular Hbond substituents is 1. The number of phenols is 1. The molecule has 2 amide bonds. The maximum Gasteiger partial charge on any atom is 0.253 e. The summed E-state index contributed by atoms with van der Waals surface area (Å²) in [4.78, 5) is 25.8. The van der Waals surface area contributed by atoms with Gasteiger partial charge in [-0.15, -0.1) is 0 Å². The number of hydrogen-bond donors (Lipinski definition) is 2. The van der Waals surface area contributed by atoms with E-state index >= 15 is 0 Å². The van der Waals surface area contributed by atoms with Crippen LogP contribution >= 0.6 is 0 Å². The van der Waals surface area contributed by atoms with E-state index in [4.69, 9.17) is 0 Å².